The van der Waals surface area contributed by atoms with Crippen LogP contribution < -0.4 is 17.0 Å². The number of rotatable bonds is 36. The fourth-order valence-corrected chi connectivity index (χ4v) is 6.97. The van der Waals surface area contributed by atoms with Crippen LogP contribution in [0.2, 0.25) is 0 Å². The number of hydrogen-bond acceptors (Lipinski definition) is 0. The van der Waals surface area contributed by atoms with E-state index in [1.165, 1.54) is 236 Å². The molecule has 0 aliphatic carbocycles. The van der Waals surface area contributed by atoms with E-state index in [0.29, 0.717) is 0 Å². The summed E-state index contributed by atoms with van der Waals surface area (Å²) in [6, 6.07) is 0. The number of hydrogen-bond donors (Lipinski definition) is 0. The van der Waals surface area contributed by atoms with Crippen molar-refractivity contribution in [2.24, 2.45) is 0 Å². The molecule has 0 amide bonds. The Bertz CT molecular complexity index is 405. The third kappa shape index (κ3) is 31.9. The van der Waals surface area contributed by atoms with E-state index in [1.807, 2.05) is 0 Å². The van der Waals surface area contributed by atoms with Crippen LogP contribution >= 0.6 is 0 Å². The van der Waals surface area contributed by atoms with Gasteiger partial charge in [-0.2, -0.15) is 0 Å². The van der Waals surface area contributed by atoms with Crippen LogP contribution in [-0.4, -0.2) is 30.7 Å². The van der Waals surface area contributed by atoms with Gasteiger partial charge in [0.1, 0.15) is 0 Å². The molecule has 42 heavy (non-hydrogen) atoms. The molecule has 1 nitrogen and oxygen atoms in total. The Hall–Kier alpha value is 0.440. The summed E-state index contributed by atoms with van der Waals surface area (Å²) in [4.78, 5) is 0. The van der Waals surface area contributed by atoms with Crippen molar-refractivity contribution in [3.8, 4) is 0 Å². The number of nitrogens with zero attached hydrogens (tertiary/aromatic N) is 1. The average molecular weight is 659 g/mol. The van der Waals surface area contributed by atoms with Crippen LogP contribution in [0.3, 0.4) is 0 Å². The molecule has 0 N–H and O–H groups in total. The van der Waals surface area contributed by atoms with Crippen LogP contribution in [-0.2, 0) is 0 Å². The van der Waals surface area contributed by atoms with E-state index >= 15 is 0 Å². The Labute approximate surface area is 279 Å². The number of halogens is 1. The van der Waals surface area contributed by atoms with Gasteiger partial charge in [0.2, 0.25) is 0 Å². The highest BCUT2D eigenvalue weighted by Gasteiger charge is 2.25. The Balaban J connectivity index is 0. The highest BCUT2D eigenvalue weighted by Crippen LogP contribution is 2.21. The average Bonchev–Trinajstić information content (AvgIpc) is 2.98. The van der Waals surface area contributed by atoms with Crippen molar-refractivity contribution in [2.75, 3.05) is 26.2 Å². The monoisotopic (exact) mass is 658 g/mol. The third-order valence-electron chi connectivity index (χ3n) is 9.94. The first kappa shape index (κ1) is 44.6. The second-order valence-electron chi connectivity index (χ2n) is 14.1. The maximum absolute atomic E-state index is 2.41. The van der Waals surface area contributed by atoms with E-state index in [-0.39, 0.29) is 17.0 Å². The van der Waals surface area contributed by atoms with E-state index in [2.05, 4.69) is 27.7 Å². The molecule has 0 radical (unpaired) electrons. The molecule has 0 aliphatic rings. The van der Waals surface area contributed by atoms with Crippen molar-refractivity contribution in [3.05, 3.63) is 0 Å². The van der Waals surface area contributed by atoms with Gasteiger partial charge in [0.05, 0.1) is 26.2 Å². The number of quaternary nitrogens is 1. The molecule has 2 heteroatoms. The van der Waals surface area contributed by atoms with Crippen LogP contribution in [0.15, 0.2) is 0 Å². The van der Waals surface area contributed by atoms with Crippen LogP contribution in [0.1, 0.15) is 233 Å². The molecule has 0 aromatic heterocycles. The maximum Gasteiger partial charge on any atom is 0.0786 e. The molecule has 0 aromatic carbocycles. The van der Waals surface area contributed by atoms with Gasteiger partial charge < -0.3 is 21.5 Å². The molecule has 0 atom stereocenters. The fourth-order valence-electron chi connectivity index (χ4n) is 6.97. The smallest absolute Gasteiger partial charge is 0.0786 e. The van der Waals surface area contributed by atoms with Crippen molar-refractivity contribution >= 4 is 0 Å². The van der Waals surface area contributed by atoms with Crippen molar-refractivity contribution in [1.82, 2.24) is 0 Å². The maximum atomic E-state index is 2.41. The summed E-state index contributed by atoms with van der Waals surface area (Å²) in [5, 5.41) is 0. The topological polar surface area (TPSA) is 0 Å². The van der Waals surface area contributed by atoms with E-state index in [0.717, 1.165) is 0 Å². The lowest BCUT2D eigenvalue weighted by atomic mass is 10.0. The molecule has 0 fully saturated rings. The first-order chi connectivity index (χ1) is 20.2. The molecule has 0 aromatic rings. The molecule has 0 saturated heterocycles. The molecule has 0 saturated carbocycles. The van der Waals surface area contributed by atoms with E-state index in [4.69, 9.17) is 0 Å². The summed E-state index contributed by atoms with van der Waals surface area (Å²) < 4.78 is 1.47. The van der Waals surface area contributed by atoms with Crippen LogP contribution in [0.5, 0.6) is 0 Å². The lowest BCUT2D eigenvalue weighted by Crippen LogP contribution is -3.00. The summed E-state index contributed by atoms with van der Waals surface area (Å²) in [6.07, 6.45) is 46.7. The normalized spacial score (nSPS) is 11.7. The largest absolute Gasteiger partial charge is 1.00 e. The minimum Gasteiger partial charge on any atom is -1.00 e. The highest BCUT2D eigenvalue weighted by molar-refractivity contribution is 4.55. The SMILES string of the molecule is CCCCCCCCCCCC[N+](CCCC)(CCCCCCCCCCCC)CCCCCCCCCCCC.[Br-]. The van der Waals surface area contributed by atoms with E-state index in [1.54, 1.807) is 0 Å². The van der Waals surface area contributed by atoms with Crippen molar-refractivity contribution in [2.45, 2.75) is 233 Å². The summed E-state index contributed by atoms with van der Waals surface area (Å²) in [7, 11) is 0. The summed E-state index contributed by atoms with van der Waals surface area (Å²) >= 11 is 0. The molecule has 0 aliphatic heterocycles. The first-order valence-corrected chi connectivity index (χ1v) is 20.1. The van der Waals surface area contributed by atoms with Crippen LogP contribution in [0.4, 0.5) is 0 Å². The zero-order valence-electron chi connectivity index (χ0n) is 30.3. The van der Waals surface area contributed by atoms with Gasteiger partial charge in [0.25, 0.3) is 0 Å². The molecule has 0 rings (SSSR count). The minimum absolute atomic E-state index is 0. The second-order valence-corrected chi connectivity index (χ2v) is 14.1. The molecule has 0 heterocycles. The van der Waals surface area contributed by atoms with E-state index in [9.17, 15) is 0 Å². The standard InChI is InChI=1S/C40H84N.BrH/c1-5-9-13-16-19-22-25-28-31-34-38-41(37-12-8-4,39-35-32-29-26-23-20-17-14-10-6-2)40-36-33-30-27-24-21-18-15-11-7-3;/h5-40H2,1-4H3;1H/q+1;/p-1. The van der Waals surface area contributed by atoms with Gasteiger partial charge in [-0.3, -0.25) is 0 Å². The molecule has 0 bridgehead atoms. The zero-order valence-corrected chi connectivity index (χ0v) is 31.9. The summed E-state index contributed by atoms with van der Waals surface area (Å²) in [5.74, 6) is 0. The summed E-state index contributed by atoms with van der Waals surface area (Å²) in [5.41, 5.74) is 0. The quantitative estimate of drug-likeness (QED) is 0.0464. The summed E-state index contributed by atoms with van der Waals surface area (Å²) in [6.45, 7) is 15.3. The molecule has 0 spiro atoms. The lowest BCUT2D eigenvalue weighted by molar-refractivity contribution is -0.929. The molecular formula is C40H84BrN. The van der Waals surface area contributed by atoms with Crippen molar-refractivity contribution in [1.29, 1.82) is 0 Å². The van der Waals surface area contributed by atoms with Gasteiger partial charge >= 0.3 is 0 Å². The van der Waals surface area contributed by atoms with Crippen LogP contribution in [0.25, 0.3) is 0 Å². The van der Waals surface area contributed by atoms with Gasteiger partial charge in [-0.15, -0.1) is 0 Å². The molecule has 0 unspecified atom stereocenters. The zero-order chi connectivity index (χ0) is 30.0. The van der Waals surface area contributed by atoms with Gasteiger partial charge in [0.15, 0.2) is 0 Å². The highest BCUT2D eigenvalue weighted by atomic mass is 79.9. The first-order valence-electron chi connectivity index (χ1n) is 20.1. The Morgan fingerprint density at radius 3 is 0.595 bits per heavy atom. The minimum atomic E-state index is 0. The Morgan fingerprint density at radius 2 is 0.381 bits per heavy atom. The van der Waals surface area contributed by atoms with Gasteiger partial charge in [-0.25, -0.2) is 0 Å². The van der Waals surface area contributed by atoms with Gasteiger partial charge in [0, 0.05) is 0 Å². The van der Waals surface area contributed by atoms with E-state index < -0.39 is 0 Å². The predicted octanol–water partition coefficient (Wildman–Crippen LogP) is 11.4. The van der Waals surface area contributed by atoms with Crippen molar-refractivity contribution in [3.63, 3.8) is 0 Å². The van der Waals surface area contributed by atoms with Crippen molar-refractivity contribution < 1.29 is 21.5 Å². The lowest BCUT2D eigenvalue weighted by Gasteiger charge is -2.39. The Morgan fingerprint density at radius 1 is 0.214 bits per heavy atom. The number of unbranched alkanes of at least 4 members (excludes halogenated alkanes) is 28. The van der Waals surface area contributed by atoms with Gasteiger partial charge in [-0.1, -0.05) is 188 Å². The second kappa shape index (κ2) is 37.6. The molecule has 256 valence electrons. The third-order valence-corrected chi connectivity index (χ3v) is 9.94. The fraction of sp³-hybridized carbons (Fsp3) is 1.00. The Kier molecular flexibility index (Phi) is 39.9. The van der Waals surface area contributed by atoms with Crippen LogP contribution in [0, 0.1) is 0 Å². The molecular weight excluding hydrogens is 574 g/mol. The predicted molar refractivity (Wildman–Crippen MR) is 190 cm³/mol. The van der Waals surface area contributed by atoms with Gasteiger partial charge in [-0.05, 0) is 44.9 Å².